The molecule has 0 aliphatic heterocycles. The molecule has 5 nitrogen and oxygen atoms in total. The monoisotopic (exact) mass is 313 g/mol. The molecular formula is C18H19NO4. The number of methoxy groups -OCH3 is 1. The van der Waals surface area contributed by atoms with Gasteiger partial charge in [0.25, 0.3) is 0 Å². The van der Waals surface area contributed by atoms with Crippen molar-refractivity contribution in [1.29, 1.82) is 0 Å². The van der Waals surface area contributed by atoms with E-state index >= 15 is 0 Å². The van der Waals surface area contributed by atoms with Gasteiger partial charge in [0.1, 0.15) is 6.61 Å². The Balaban J connectivity index is 2.04. The fourth-order valence-corrected chi connectivity index (χ4v) is 2.05. The number of rotatable bonds is 5. The first-order valence-corrected chi connectivity index (χ1v) is 7.13. The molecule has 5 heteroatoms. The predicted molar refractivity (Wildman–Crippen MR) is 87.7 cm³/mol. The number of carbonyl (C=O) groups is 2. The lowest BCUT2D eigenvalue weighted by Gasteiger charge is -2.13. The third-order valence-corrected chi connectivity index (χ3v) is 3.32. The summed E-state index contributed by atoms with van der Waals surface area (Å²) < 4.78 is 9.98. The Morgan fingerprint density at radius 1 is 0.957 bits per heavy atom. The van der Waals surface area contributed by atoms with Crippen LogP contribution in [0.2, 0.25) is 0 Å². The molecule has 0 heterocycles. The molecule has 0 atom stereocenters. The van der Waals surface area contributed by atoms with Crippen LogP contribution in [0.5, 0.6) is 0 Å². The van der Waals surface area contributed by atoms with Gasteiger partial charge in [-0.25, -0.2) is 9.59 Å². The van der Waals surface area contributed by atoms with Crippen LogP contribution in [0.3, 0.4) is 0 Å². The van der Waals surface area contributed by atoms with Crippen molar-refractivity contribution in [1.82, 2.24) is 0 Å². The molecular weight excluding hydrogens is 294 g/mol. The predicted octanol–water partition coefficient (Wildman–Crippen LogP) is 2.90. The second-order valence-corrected chi connectivity index (χ2v) is 5.21. The summed E-state index contributed by atoms with van der Waals surface area (Å²) in [5.74, 6) is -0.825. The molecule has 0 aliphatic carbocycles. The summed E-state index contributed by atoms with van der Waals surface area (Å²) >= 11 is 0. The zero-order valence-electron chi connectivity index (χ0n) is 13.4. The van der Waals surface area contributed by atoms with Gasteiger partial charge in [0.05, 0.1) is 18.2 Å². The normalized spacial score (nSPS) is 10.0. The Kier molecular flexibility index (Phi) is 5.36. The molecule has 0 spiro atoms. The minimum Gasteiger partial charge on any atom is -0.465 e. The molecule has 2 rings (SSSR count). The van der Waals surface area contributed by atoms with E-state index in [2.05, 4.69) is 4.74 Å². The Bertz CT molecular complexity index is 710. The third-order valence-electron chi connectivity index (χ3n) is 3.32. The highest BCUT2D eigenvalue weighted by molar-refractivity contribution is 5.91. The second-order valence-electron chi connectivity index (χ2n) is 5.21. The SMILES string of the molecule is COC(=O)c1cccc(COC(=O)c2cccc(N(C)C)c2)c1. The average Bonchev–Trinajstić information content (AvgIpc) is 2.59. The minimum absolute atomic E-state index is 0.0931. The smallest absolute Gasteiger partial charge is 0.338 e. The van der Waals surface area contributed by atoms with E-state index in [0.29, 0.717) is 11.1 Å². The van der Waals surface area contributed by atoms with Crippen molar-refractivity contribution in [2.45, 2.75) is 6.61 Å². The Morgan fingerprint density at radius 3 is 2.26 bits per heavy atom. The average molecular weight is 313 g/mol. The lowest BCUT2D eigenvalue weighted by Crippen LogP contribution is -2.11. The van der Waals surface area contributed by atoms with E-state index < -0.39 is 11.9 Å². The van der Waals surface area contributed by atoms with E-state index in [4.69, 9.17) is 4.74 Å². The Hall–Kier alpha value is -2.82. The van der Waals surface area contributed by atoms with E-state index in [-0.39, 0.29) is 6.61 Å². The van der Waals surface area contributed by atoms with Crippen LogP contribution in [0, 0.1) is 0 Å². The van der Waals surface area contributed by atoms with E-state index in [1.54, 1.807) is 36.4 Å². The molecule has 2 aromatic rings. The largest absolute Gasteiger partial charge is 0.465 e. The van der Waals surface area contributed by atoms with Gasteiger partial charge < -0.3 is 14.4 Å². The quantitative estimate of drug-likeness (QED) is 0.794. The molecule has 0 aromatic heterocycles. The molecule has 2 aromatic carbocycles. The summed E-state index contributed by atoms with van der Waals surface area (Å²) in [6.07, 6.45) is 0. The number of esters is 2. The molecule has 0 amide bonds. The maximum atomic E-state index is 12.1. The van der Waals surface area contributed by atoms with Gasteiger partial charge in [0, 0.05) is 19.8 Å². The standard InChI is InChI=1S/C18H19NO4/c1-19(2)16-9-5-8-15(11-16)18(21)23-12-13-6-4-7-14(10-13)17(20)22-3/h4-11H,12H2,1-3H3. The second kappa shape index (κ2) is 7.45. The van der Waals surface area contributed by atoms with Crippen LogP contribution >= 0.6 is 0 Å². The van der Waals surface area contributed by atoms with Crippen molar-refractivity contribution in [2.75, 3.05) is 26.1 Å². The van der Waals surface area contributed by atoms with Gasteiger partial charge in [-0.3, -0.25) is 0 Å². The first kappa shape index (κ1) is 16.5. The molecule has 0 saturated carbocycles. The van der Waals surface area contributed by atoms with Crippen molar-refractivity contribution in [2.24, 2.45) is 0 Å². The van der Waals surface area contributed by atoms with Crippen LogP contribution < -0.4 is 4.90 Å². The summed E-state index contributed by atoms with van der Waals surface area (Å²) in [5, 5.41) is 0. The maximum absolute atomic E-state index is 12.1. The van der Waals surface area contributed by atoms with Gasteiger partial charge in [0.15, 0.2) is 0 Å². The molecule has 0 unspecified atom stereocenters. The zero-order chi connectivity index (χ0) is 16.8. The molecule has 0 bridgehead atoms. The van der Waals surface area contributed by atoms with Crippen molar-refractivity contribution in [3.63, 3.8) is 0 Å². The van der Waals surface area contributed by atoms with Crippen LogP contribution in [-0.4, -0.2) is 33.1 Å². The van der Waals surface area contributed by atoms with Crippen molar-refractivity contribution < 1.29 is 19.1 Å². The van der Waals surface area contributed by atoms with E-state index in [1.165, 1.54) is 7.11 Å². The fraction of sp³-hybridized carbons (Fsp3) is 0.222. The van der Waals surface area contributed by atoms with Gasteiger partial charge in [-0.1, -0.05) is 18.2 Å². The molecule has 0 aliphatic rings. The molecule has 0 saturated heterocycles. The van der Waals surface area contributed by atoms with Crippen LogP contribution in [0.1, 0.15) is 26.3 Å². The van der Waals surface area contributed by atoms with Gasteiger partial charge in [-0.15, -0.1) is 0 Å². The van der Waals surface area contributed by atoms with E-state index in [1.807, 2.05) is 31.1 Å². The highest BCUT2D eigenvalue weighted by atomic mass is 16.5. The molecule has 23 heavy (non-hydrogen) atoms. The van der Waals surface area contributed by atoms with Gasteiger partial charge in [-0.2, -0.15) is 0 Å². The summed E-state index contributed by atoms with van der Waals surface area (Å²) in [6, 6.07) is 14.0. The summed E-state index contributed by atoms with van der Waals surface area (Å²) in [7, 11) is 5.14. The first-order chi connectivity index (χ1) is 11.0. The van der Waals surface area contributed by atoms with Crippen LogP contribution in [0.25, 0.3) is 0 Å². The van der Waals surface area contributed by atoms with Gasteiger partial charge >= 0.3 is 11.9 Å². The van der Waals surface area contributed by atoms with Crippen LogP contribution in [0.4, 0.5) is 5.69 Å². The van der Waals surface area contributed by atoms with Gasteiger partial charge in [0.2, 0.25) is 0 Å². The molecule has 0 radical (unpaired) electrons. The number of hydrogen-bond acceptors (Lipinski definition) is 5. The van der Waals surface area contributed by atoms with Crippen molar-refractivity contribution >= 4 is 17.6 Å². The Labute approximate surface area is 135 Å². The Morgan fingerprint density at radius 2 is 1.61 bits per heavy atom. The summed E-state index contributed by atoms with van der Waals surface area (Å²) in [6.45, 7) is 0.0931. The van der Waals surface area contributed by atoms with Crippen LogP contribution in [0.15, 0.2) is 48.5 Å². The lowest BCUT2D eigenvalue weighted by atomic mass is 10.1. The molecule has 0 N–H and O–H groups in total. The number of anilines is 1. The van der Waals surface area contributed by atoms with E-state index in [9.17, 15) is 9.59 Å². The number of hydrogen-bond donors (Lipinski definition) is 0. The zero-order valence-corrected chi connectivity index (χ0v) is 13.4. The number of nitrogens with zero attached hydrogens (tertiary/aromatic N) is 1. The van der Waals surface area contributed by atoms with E-state index in [0.717, 1.165) is 11.3 Å². The number of carbonyl (C=O) groups excluding carboxylic acids is 2. The fourth-order valence-electron chi connectivity index (χ4n) is 2.05. The van der Waals surface area contributed by atoms with Crippen LogP contribution in [-0.2, 0) is 16.1 Å². The molecule has 120 valence electrons. The molecule has 0 fully saturated rings. The third kappa shape index (κ3) is 4.32. The first-order valence-electron chi connectivity index (χ1n) is 7.13. The maximum Gasteiger partial charge on any atom is 0.338 e. The topological polar surface area (TPSA) is 55.8 Å². The highest BCUT2D eigenvalue weighted by Crippen LogP contribution is 2.15. The summed E-state index contributed by atoms with van der Waals surface area (Å²) in [4.78, 5) is 25.5. The number of benzene rings is 2. The number of ether oxygens (including phenoxy) is 2. The lowest BCUT2D eigenvalue weighted by molar-refractivity contribution is 0.0473. The van der Waals surface area contributed by atoms with Crippen molar-refractivity contribution in [3.8, 4) is 0 Å². The van der Waals surface area contributed by atoms with Crippen molar-refractivity contribution in [3.05, 3.63) is 65.2 Å². The minimum atomic E-state index is -0.420. The summed E-state index contributed by atoms with van der Waals surface area (Å²) in [5.41, 5.74) is 2.56. The highest BCUT2D eigenvalue weighted by Gasteiger charge is 2.10. The van der Waals surface area contributed by atoms with Gasteiger partial charge in [-0.05, 0) is 35.9 Å².